The van der Waals surface area contributed by atoms with Gasteiger partial charge in [-0.1, -0.05) is 30.4 Å². The first-order valence-electron chi connectivity index (χ1n) is 4.67. The van der Waals surface area contributed by atoms with Crippen molar-refractivity contribution in [2.75, 3.05) is 0 Å². The van der Waals surface area contributed by atoms with Gasteiger partial charge in [-0.2, -0.15) is 0 Å². The Balaban J connectivity index is 2.13. The third-order valence-electron chi connectivity index (χ3n) is 2.37. The van der Waals surface area contributed by atoms with Gasteiger partial charge in [0.25, 0.3) is 0 Å². The number of nitrogens with zero attached hydrogens (tertiary/aromatic N) is 2. The van der Waals surface area contributed by atoms with Crippen LogP contribution in [-0.4, -0.2) is 14.2 Å². The maximum atomic E-state index is 5.32. The van der Waals surface area contributed by atoms with Gasteiger partial charge in [0.2, 0.25) is 0 Å². The first kappa shape index (κ1) is 9.00. The fraction of sp³-hybridized carbons (Fsp3) is 0.0909. The molecule has 2 nitrogen and oxygen atoms in total. The smallest absolute Gasteiger partial charge is 0.194 e. The monoisotopic (exact) mass is 232 g/mol. The van der Waals surface area contributed by atoms with Crippen molar-refractivity contribution in [3.05, 3.63) is 41.7 Å². The first-order valence-corrected chi connectivity index (χ1v) is 5.96. The van der Waals surface area contributed by atoms with Crippen LogP contribution in [0.15, 0.2) is 36.0 Å². The van der Waals surface area contributed by atoms with Gasteiger partial charge in [0.15, 0.2) is 4.96 Å². The zero-order chi connectivity index (χ0) is 10.3. The predicted octanol–water partition coefficient (Wildman–Crippen LogP) is 3.11. The molecule has 0 unspecified atom stereocenters. The molecule has 0 radical (unpaired) electrons. The van der Waals surface area contributed by atoms with E-state index in [-0.39, 0.29) is 0 Å². The van der Waals surface area contributed by atoms with E-state index >= 15 is 0 Å². The summed E-state index contributed by atoms with van der Waals surface area (Å²) >= 11 is 6.96. The number of thiocarbonyl (C=S) groups is 1. The number of rotatable bonds is 1. The number of fused-ring (bicyclic) bond motifs is 1. The molecule has 0 aliphatic heterocycles. The van der Waals surface area contributed by atoms with Gasteiger partial charge in [0.1, 0.15) is 0 Å². The van der Waals surface area contributed by atoms with E-state index in [0.717, 1.165) is 27.5 Å². The average Bonchev–Trinajstić information content (AvgIpc) is 2.77. The minimum atomic E-state index is 0.854. The molecule has 0 atom stereocenters. The molecule has 0 saturated heterocycles. The molecular formula is C11H8N2S2. The number of hydrogen-bond acceptors (Lipinski definition) is 3. The van der Waals surface area contributed by atoms with E-state index in [9.17, 15) is 0 Å². The van der Waals surface area contributed by atoms with Crippen LogP contribution < -0.4 is 0 Å². The average molecular weight is 232 g/mol. The molecule has 74 valence electrons. The van der Waals surface area contributed by atoms with Gasteiger partial charge in [-0.15, -0.1) is 11.3 Å². The second-order valence-corrected chi connectivity index (χ2v) is 4.72. The molecule has 0 aromatic carbocycles. The van der Waals surface area contributed by atoms with Crippen molar-refractivity contribution in [1.82, 2.24) is 9.38 Å². The number of hydrogen-bond donors (Lipinski definition) is 0. The minimum absolute atomic E-state index is 0.854. The lowest BCUT2D eigenvalue weighted by Crippen LogP contribution is -2.00. The van der Waals surface area contributed by atoms with Gasteiger partial charge in [0, 0.05) is 34.6 Å². The lowest BCUT2D eigenvalue weighted by Gasteiger charge is -2.06. The molecule has 0 N–H and O–H groups in total. The largest absolute Gasteiger partial charge is 0.297 e. The minimum Gasteiger partial charge on any atom is -0.297 e. The summed E-state index contributed by atoms with van der Waals surface area (Å²) in [4.78, 5) is 6.53. The van der Waals surface area contributed by atoms with Crippen LogP contribution in [0, 0.1) is 0 Å². The van der Waals surface area contributed by atoms with Crippen molar-refractivity contribution in [2.24, 2.45) is 0 Å². The third kappa shape index (κ3) is 1.46. The Morgan fingerprint density at radius 1 is 1.47 bits per heavy atom. The molecule has 0 amide bonds. The highest BCUT2D eigenvalue weighted by atomic mass is 32.1. The van der Waals surface area contributed by atoms with Crippen LogP contribution in [-0.2, 0) is 0 Å². The van der Waals surface area contributed by atoms with Gasteiger partial charge in [-0.25, -0.2) is 4.98 Å². The normalized spacial score (nSPS) is 16.0. The molecule has 3 rings (SSSR count). The lowest BCUT2D eigenvalue weighted by molar-refractivity contribution is 1.23. The summed E-state index contributed by atoms with van der Waals surface area (Å²) in [6.45, 7) is 0. The maximum Gasteiger partial charge on any atom is 0.194 e. The van der Waals surface area contributed by atoms with Gasteiger partial charge >= 0.3 is 0 Å². The highest BCUT2D eigenvalue weighted by Crippen LogP contribution is 2.23. The van der Waals surface area contributed by atoms with Crippen molar-refractivity contribution < 1.29 is 0 Å². The van der Waals surface area contributed by atoms with E-state index in [1.165, 1.54) is 0 Å². The second kappa shape index (κ2) is 3.40. The molecule has 1 aliphatic rings. The third-order valence-corrected chi connectivity index (χ3v) is 3.53. The molecular weight excluding hydrogens is 224 g/mol. The van der Waals surface area contributed by atoms with Gasteiger partial charge in [-0.05, 0) is 0 Å². The Morgan fingerprint density at radius 3 is 3.20 bits per heavy atom. The second-order valence-electron chi connectivity index (χ2n) is 3.35. The van der Waals surface area contributed by atoms with Crippen molar-refractivity contribution in [1.29, 1.82) is 0 Å². The number of allylic oxidation sites excluding steroid dienone is 4. The van der Waals surface area contributed by atoms with E-state index in [2.05, 4.69) is 11.1 Å². The Labute approximate surface area is 96.6 Å². The van der Waals surface area contributed by atoms with E-state index in [1.807, 2.05) is 34.3 Å². The molecule has 2 aromatic heterocycles. The molecule has 0 saturated carbocycles. The van der Waals surface area contributed by atoms with Crippen molar-refractivity contribution in [3.8, 4) is 0 Å². The van der Waals surface area contributed by atoms with Crippen LogP contribution in [0.4, 0.5) is 0 Å². The topological polar surface area (TPSA) is 17.3 Å². The quantitative estimate of drug-likeness (QED) is 0.703. The van der Waals surface area contributed by atoms with Gasteiger partial charge in [-0.3, -0.25) is 4.40 Å². The van der Waals surface area contributed by atoms with Crippen LogP contribution in [0.25, 0.3) is 10.5 Å². The van der Waals surface area contributed by atoms with Gasteiger partial charge in [0.05, 0.1) is 5.69 Å². The summed E-state index contributed by atoms with van der Waals surface area (Å²) in [6.07, 6.45) is 11.1. The zero-order valence-corrected chi connectivity index (χ0v) is 9.52. The molecule has 0 fully saturated rings. The molecule has 4 heteroatoms. The van der Waals surface area contributed by atoms with Crippen molar-refractivity contribution in [3.63, 3.8) is 0 Å². The predicted molar refractivity (Wildman–Crippen MR) is 67.4 cm³/mol. The van der Waals surface area contributed by atoms with Crippen LogP contribution in [0.1, 0.15) is 12.1 Å². The Morgan fingerprint density at radius 2 is 2.40 bits per heavy atom. The van der Waals surface area contributed by atoms with Crippen LogP contribution >= 0.6 is 23.6 Å². The molecule has 1 aliphatic carbocycles. The number of aromatic nitrogens is 2. The van der Waals surface area contributed by atoms with E-state index in [0.29, 0.717) is 0 Å². The molecule has 15 heavy (non-hydrogen) atoms. The lowest BCUT2D eigenvalue weighted by atomic mass is 10.0. The maximum absolute atomic E-state index is 5.32. The SMILES string of the molecule is S=C1CC=CC=C1c1cn2ccsc2n1. The summed E-state index contributed by atoms with van der Waals surface area (Å²) in [5.41, 5.74) is 2.07. The fourth-order valence-electron chi connectivity index (χ4n) is 1.63. The van der Waals surface area contributed by atoms with E-state index in [1.54, 1.807) is 11.3 Å². The first-order chi connectivity index (χ1) is 7.34. The Kier molecular flexibility index (Phi) is 2.04. The van der Waals surface area contributed by atoms with Crippen LogP contribution in [0.5, 0.6) is 0 Å². The molecule has 0 spiro atoms. The molecule has 2 heterocycles. The number of thiazole rings is 1. The van der Waals surface area contributed by atoms with E-state index in [4.69, 9.17) is 12.2 Å². The van der Waals surface area contributed by atoms with Crippen LogP contribution in [0.2, 0.25) is 0 Å². The highest BCUT2D eigenvalue weighted by molar-refractivity contribution is 7.81. The summed E-state index contributed by atoms with van der Waals surface area (Å²) in [5.74, 6) is 0. The summed E-state index contributed by atoms with van der Waals surface area (Å²) < 4.78 is 2.03. The number of imidazole rings is 1. The molecule has 0 bridgehead atoms. The van der Waals surface area contributed by atoms with E-state index < -0.39 is 0 Å². The van der Waals surface area contributed by atoms with Crippen LogP contribution in [0.3, 0.4) is 0 Å². The Bertz CT molecular complexity index is 558. The highest BCUT2D eigenvalue weighted by Gasteiger charge is 2.12. The molecule has 2 aromatic rings. The van der Waals surface area contributed by atoms with Crippen molar-refractivity contribution >= 4 is 39.0 Å². The Hall–Kier alpha value is -1.26. The summed E-state index contributed by atoms with van der Waals surface area (Å²) in [6, 6.07) is 0. The summed E-state index contributed by atoms with van der Waals surface area (Å²) in [5, 5.41) is 2.03. The standard InChI is InChI=1S/C11H8N2S2/c14-10-4-2-1-3-8(10)9-7-13-5-6-15-11(13)12-9/h1-3,5-7H,4H2. The summed E-state index contributed by atoms with van der Waals surface area (Å²) in [7, 11) is 0. The fourth-order valence-corrected chi connectivity index (χ4v) is 2.60. The van der Waals surface area contributed by atoms with Crippen molar-refractivity contribution in [2.45, 2.75) is 6.42 Å². The van der Waals surface area contributed by atoms with Gasteiger partial charge < -0.3 is 0 Å². The zero-order valence-electron chi connectivity index (χ0n) is 7.88.